The number of rotatable bonds is 2. The molecule has 1 aromatic rings. The number of nitrogen functional groups attached to an aromatic ring is 1. The summed E-state index contributed by atoms with van der Waals surface area (Å²) in [7, 11) is 0. The summed E-state index contributed by atoms with van der Waals surface area (Å²) in [6.45, 7) is 6.12. The van der Waals surface area contributed by atoms with Crippen LogP contribution in [0.2, 0.25) is 0 Å². The Labute approximate surface area is 121 Å². The quantitative estimate of drug-likeness (QED) is 0.646. The third-order valence-electron chi connectivity index (χ3n) is 3.56. The lowest BCUT2D eigenvalue weighted by molar-refractivity contribution is 0.354. The van der Waals surface area contributed by atoms with Crippen LogP contribution in [0.1, 0.15) is 25.8 Å². The van der Waals surface area contributed by atoms with Crippen LogP contribution in [0.15, 0.2) is 16.6 Å². The molecule has 3 nitrogen and oxygen atoms in total. The third kappa shape index (κ3) is 2.91. The molecular weight excluding hydrogens is 309 g/mol. The molecule has 5 heteroatoms. The summed E-state index contributed by atoms with van der Waals surface area (Å²) in [6, 6.07) is 3.43. The molecule has 1 saturated heterocycles. The van der Waals surface area contributed by atoms with Gasteiger partial charge in [0.2, 0.25) is 0 Å². The number of nitrogens with zero attached hydrogens (tertiary/aromatic N) is 1. The van der Waals surface area contributed by atoms with Crippen molar-refractivity contribution in [2.45, 2.75) is 20.3 Å². The number of nitrogens with one attached hydrogen (secondary N) is 1. The molecule has 19 heavy (non-hydrogen) atoms. The second-order valence-electron chi connectivity index (χ2n) is 5.52. The van der Waals surface area contributed by atoms with E-state index in [1.54, 1.807) is 12.1 Å². The second kappa shape index (κ2) is 5.49. The zero-order chi connectivity index (χ0) is 14.2. The molecule has 0 aliphatic carbocycles. The molecular formula is C14H19BrFN3. The molecule has 104 valence electrons. The molecule has 0 aromatic heterocycles. The Balaban J connectivity index is 2.35. The lowest BCUT2D eigenvalue weighted by Crippen LogP contribution is -2.39. The molecule has 0 radical (unpaired) electrons. The molecule has 1 heterocycles. The van der Waals surface area contributed by atoms with Gasteiger partial charge in [-0.05, 0) is 46.3 Å². The Kier molecular flexibility index (Phi) is 4.13. The van der Waals surface area contributed by atoms with Gasteiger partial charge in [0.25, 0.3) is 0 Å². The van der Waals surface area contributed by atoms with Crippen molar-refractivity contribution in [1.29, 1.82) is 5.41 Å². The van der Waals surface area contributed by atoms with Crippen molar-refractivity contribution in [2.24, 2.45) is 17.6 Å². The summed E-state index contributed by atoms with van der Waals surface area (Å²) >= 11 is 3.21. The van der Waals surface area contributed by atoms with Crippen LogP contribution in [0.4, 0.5) is 10.1 Å². The van der Waals surface area contributed by atoms with Crippen LogP contribution in [0.25, 0.3) is 0 Å². The Bertz CT molecular complexity index is 494. The minimum absolute atomic E-state index is 0.127. The Morgan fingerprint density at radius 1 is 1.37 bits per heavy atom. The number of hydrogen-bond acceptors (Lipinski definition) is 2. The maximum absolute atomic E-state index is 14.4. The standard InChI is InChI=1S/C14H19BrFN3/c1-8-5-9(2)7-19(6-8)11-4-3-10(14(17)18)12(15)13(11)16/h3-4,8-9H,5-7H2,1-2H3,(H3,17,18). The van der Waals surface area contributed by atoms with Gasteiger partial charge >= 0.3 is 0 Å². The smallest absolute Gasteiger partial charge is 0.161 e. The van der Waals surface area contributed by atoms with Crippen molar-refractivity contribution < 1.29 is 4.39 Å². The Hall–Kier alpha value is -1.10. The lowest BCUT2D eigenvalue weighted by Gasteiger charge is -2.37. The van der Waals surface area contributed by atoms with Gasteiger partial charge < -0.3 is 10.6 Å². The van der Waals surface area contributed by atoms with Gasteiger partial charge in [0.05, 0.1) is 10.2 Å². The summed E-state index contributed by atoms with van der Waals surface area (Å²) in [5, 5.41) is 7.42. The van der Waals surface area contributed by atoms with E-state index in [1.807, 2.05) is 0 Å². The molecule has 1 aliphatic heterocycles. The molecule has 0 spiro atoms. The predicted molar refractivity (Wildman–Crippen MR) is 80.3 cm³/mol. The fraction of sp³-hybridized carbons (Fsp3) is 0.500. The minimum Gasteiger partial charge on any atom is -0.384 e. The molecule has 1 aliphatic rings. The van der Waals surface area contributed by atoms with Crippen LogP contribution in [-0.4, -0.2) is 18.9 Å². The molecule has 0 saturated carbocycles. The van der Waals surface area contributed by atoms with Gasteiger partial charge in [-0.3, -0.25) is 5.41 Å². The molecule has 2 rings (SSSR count). The van der Waals surface area contributed by atoms with E-state index in [2.05, 4.69) is 34.7 Å². The van der Waals surface area contributed by atoms with E-state index < -0.39 is 0 Å². The summed E-state index contributed by atoms with van der Waals surface area (Å²) < 4.78 is 14.7. The highest BCUT2D eigenvalue weighted by molar-refractivity contribution is 9.10. The normalized spacial score (nSPS) is 23.5. The van der Waals surface area contributed by atoms with Gasteiger partial charge in [0.1, 0.15) is 5.84 Å². The largest absolute Gasteiger partial charge is 0.384 e. The molecule has 0 bridgehead atoms. The monoisotopic (exact) mass is 327 g/mol. The van der Waals surface area contributed by atoms with Crippen LogP contribution in [0.5, 0.6) is 0 Å². The van der Waals surface area contributed by atoms with Gasteiger partial charge in [-0.15, -0.1) is 0 Å². The first-order valence-corrected chi connectivity index (χ1v) is 7.26. The van der Waals surface area contributed by atoms with Crippen molar-refractivity contribution in [3.05, 3.63) is 28.0 Å². The van der Waals surface area contributed by atoms with E-state index in [0.29, 0.717) is 23.1 Å². The highest BCUT2D eigenvalue weighted by atomic mass is 79.9. The van der Waals surface area contributed by atoms with Crippen molar-refractivity contribution in [1.82, 2.24) is 0 Å². The average molecular weight is 328 g/mol. The molecule has 2 atom stereocenters. The summed E-state index contributed by atoms with van der Waals surface area (Å²) in [4.78, 5) is 2.09. The van der Waals surface area contributed by atoms with Crippen LogP contribution in [0.3, 0.4) is 0 Å². The van der Waals surface area contributed by atoms with E-state index >= 15 is 0 Å². The summed E-state index contributed by atoms with van der Waals surface area (Å²) in [5.41, 5.74) is 6.42. The van der Waals surface area contributed by atoms with E-state index in [0.717, 1.165) is 13.1 Å². The van der Waals surface area contributed by atoms with E-state index in [-0.39, 0.29) is 16.1 Å². The molecule has 1 aromatic carbocycles. The first kappa shape index (κ1) is 14.3. The number of amidine groups is 1. The number of piperidine rings is 1. The highest BCUT2D eigenvalue weighted by Gasteiger charge is 2.25. The zero-order valence-electron chi connectivity index (χ0n) is 11.2. The molecule has 2 unspecified atom stereocenters. The van der Waals surface area contributed by atoms with Crippen molar-refractivity contribution in [3.63, 3.8) is 0 Å². The van der Waals surface area contributed by atoms with E-state index in [4.69, 9.17) is 11.1 Å². The van der Waals surface area contributed by atoms with Gasteiger partial charge in [-0.1, -0.05) is 13.8 Å². The van der Waals surface area contributed by atoms with E-state index in [1.165, 1.54) is 6.42 Å². The van der Waals surface area contributed by atoms with Gasteiger partial charge in [0.15, 0.2) is 5.82 Å². The van der Waals surface area contributed by atoms with E-state index in [9.17, 15) is 4.39 Å². The number of halogens is 2. The first-order chi connectivity index (χ1) is 8.90. The Morgan fingerprint density at radius 2 is 1.95 bits per heavy atom. The fourth-order valence-corrected chi connectivity index (χ4v) is 3.40. The summed E-state index contributed by atoms with van der Waals surface area (Å²) in [5.74, 6) is 0.676. The van der Waals surface area contributed by atoms with Crippen LogP contribution < -0.4 is 10.6 Å². The summed E-state index contributed by atoms with van der Waals surface area (Å²) in [6.07, 6.45) is 1.19. The second-order valence-corrected chi connectivity index (χ2v) is 6.32. The number of nitrogens with two attached hydrogens (primary N) is 1. The van der Waals surface area contributed by atoms with Gasteiger partial charge in [-0.25, -0.2) is 4.39 Å². The highest BCUT2D eigenvalue weighted by Crippen LogP contribution is 2.33. The maximum Gasteiger partial charge on any atom is 0.161 e. The third-order valence-corrected chi connectivity index (χ3v) is 4.34. The maximum atomic E-state index is 14.4. The predicted octanol–water partition coefficient (Wildman–Crippen LogP) is 3.35. The van der Waals surface area contributed by atoms with Crippen LogP contribution in [-0.2, 0) is 0 Å². The van der Waals surface area contributed by atoms with Gasteiger partial charge in [-0.2, -0.15) is 0 Å². The van der Waals surface area contributed by atoms with Crippen molar-refractivity contribution in [3.8, 4) is 0 Å². The van der Waals surface area contributed by atoms with Gasteiger partial charge in [0, 0.05) is 18.7 Å². The zero-order valence-corrected chi connectivity index (χ0v) is 12.8. The fourth-order valence-electron chi connectivity index (χ4n) is 2.85. The van der Waals surface area contributed by atoms with Crippen molar-refractivity contribution >= 4 is 27.5 Å². The average Bonchev–Trinajstić information content (AvgIpc) is 2.30. The van der Waals surface area contributed by atoms with Crippen molar-refractivity contribution in [2.75, 3.05) is 18.0 Å². The molecule has 3 N–H and O–H groups in total. The van der Waals surface area contributed by atoms with Crippen LogP contribution >= 0.6 is 15.9 Å². The number of anilines is 1. The SMILES string of the molecule is CC1CC(C)CN(c2ccc(C(=N)N)c(Br)c2F)C1. The first-order valence-electron chi connectivity index (χ1n) is 6.47. The minimum atomic E-state index is -0.325. The topological polar surface area (TPSA) is 53.1 Å². The molecule has 0 amide bonds. The van der Waals surface area contributed by atoms with Crippen LogP contribution in [0, 0.1) is 23.1 Å². The number of hydrogen-bond donors (Lipinski definition) is 2. The molecule has 1 fully saturated rings. The Morgan fingerprint density at radius 3 is 2.47 bits per heavy atom. The number of benzene rings is 1. The lowest BCUT2D eigenvalue weighted by atomic mass is 9.91.